The fourth-order valence-electron chi connectivity index (χ4n) is 5.15. The highest BCUT2D eigenvalue weighted by atomic mass is 32.1. The zero-order valence-corrected chi connectivity index (χ0v) is 20.2. The van der Waals surface area contributed by atoms with E-state index in [1.807, 2.05) is 29.6 Å². The molecule has 0 saturated carbocycles. The van der Waals surface area contributed by atoms with Crippen molar-refractivity contribution in [3.8, 4) is 5.75 Å². The van der Waals surface area contributed by atoms with Crippen molar-refractivity contribution < 1.29 is 14.7 Å². The fourth-order valence-corrected chi connectivity index (χ4v) is 5.85. The third kappa shape index (κ3) is 4.65. The molecule has 3 aromatic rings. The van der Waals surface area contributed by atoms with Crippen molar-refractivity contribution >= 4 is 39.1 Å². The highest BCUT2D eigenvalue weighted by molar-refractivity contribution is 7.13. The van der Waals surface area contributed by atoms with E-state index in [1.165, 1.54) is 24.2 Å². The molecule has 34 heavy (non-hydrogen) atoms. The molecule has 178 valence electrons. The zero-order valence-electron chi connectivity index (χ0n) is 19.4. The van der Waals surface area contributed by atoms with E-state index in [0.717, 1.165) is 37.1 Å². The first-order valence-corrected chi connectivity index (χ1v) is 12.9. The van der Waals surface area contributed by atoms with Crippen LogP contribution in [0.25, 0.3) is 10.8 Å². The number of amides is 2. The summed E-state index contributed by atoms with van der Waals surface area (Å²) in [6.07, 6.45) is 3.83. The number of aromatic nitrogens is 1. The minimum Gasteiger partial charge on any atom is -0.506 e. The van der Waals surface area contributed by atoms with Gasteiger partial charge in [0.2, 0.25) is 5.91 Å². The van der Waals surface area contributed by atoms with Crippen LogP contribution in [0.2, 0.25) is 0 Å². The maximum atomic E-state index is 13.3. The standard InChI is InChI=1S/C26H30N4O3S/c1-17-6-4-12-29(14-17)15-19-16-34-26(27-19)28-24(32)22-9-5-13-30(22)25(33)21-11-10-18-7-2-3-8-20(18)23(21)31/h2-3,7-8,10-11,16-17,22,31H,4-6,9,12-15H2,1H3,(H,27,28,32). The molecule has 2 saturated heterocycles. The van der Waals surface area contributed by atoms with E-state index in [2.05, 4.69) is 22.1 Å². The van der Waals surface area contributed by atoms with Crippen LogP contribution >= 0.6 is 11.3 Å². The van der Waals surface area contributed by atoms with Gasteiger partial charge in [-0.1, -0.05) is 37.3 Å². The van der Waals surface area contributed by atoms with Gasteiger partial charge in [-0.25, -0.2) is 4.98 Å². The number of hydrogen-bond donors (Lipinski definition) is 2. The topological polar surface area (TPSA) is 85.8 Å². The summed E-state index contributed by atoms with van der Waals surface area (Å²) in [5, 5.41) is 17.7. The number of likely N-dealkylation sites (tertiary alicyclic amines) is 2. The average Bonchev–Trinajstić information content (AvgIpc) is 3.49. The summed E-state index contributed by atoms with van der Waals surface area (Å²) in [5.74, 6) is 0.129. The lowest BCUT2D eigenvalue weighted by Gasteiger charge is -2.30. The van der Waals surface area contributed by atoms with Gasteiger partial charge in [-0.15, -0.1) is 11.3 Å². The van der Waals surface area contributed by atoms with Crippen LogP contribution in [0.4, 0.5) is 5.13 Å². The van der Waals surface area contributed by atoms with Crippen molar-refractivity contribution in [2.24, 2.45) is 5.92 Å². The second-order valence-corrected chi connectivity index (χ2v) is 10.3. The molecule has 2 aliphatic heterocycles. The molecule has 3 heterocycles. The van der Waals surface area contributed by atoms with Gasteiger partial charge in [0.05, 0.1) is 11.3 Å². The van der Waals surface area contributed by atoms with E-state index >= 15 is 0 Å². The summed E-state index contributed by atoms with van der Waals surface area (Å²) in [7, 11) is 0. The predicted molar refractivity (Wildman–Crippen MR) is 134 cm³/mol. The van der Waals surface area contributed by atoms with E-state index in [9.17, 15) is 14.7 Å². The number of benzene rings is 2. The number of aromatic hydroxyl groups is 1. The molecule has 2 N–H and O–H groups in total. The Morgan fingerprint density at radius 1 is 1.15 bits per heavy atom. The Morgan fingerprint density at radius 2 is 1.97 bits per heavy atom. The lowest BCUT2D eigenvalue weighted by Crippen LogP contribution is -2.43. The van der Waals surface area contributed by atoms with E-state index in [0.29, 0.717) is 29.4 Å². The lowest BCUT2D eigenvalue weighted by molar-refractivity contribution is -0.119. The van der Waals surface area contributed by atoms with Gasteiger partial charge < -0.3 is 15.3 Å². The Labute approximate surface area is 203 Å². The number of rotatable bonds is 5. The van der Waals surface area contributed by atoms with Crippen molar-refractivity contribution in [1.82, 2.24) is 14.8 Å². The lowest BCUT2D eigenvalue weighted by atomic mass is 10.0. The monoisotopic (exact) mass is 478 g/mol. The average molecular weight is 479 g/mol. The molecule has 2 atom stereocenters. The molecule has 5 rings (SSSR count). The molecule has 7 nitrogen and oxygen atoms in total. The van der Waals surface area contributed by atoms with Crippen LogP contribution in [0.15, 0.2) is 41.8 Å². The maximum Gasteiger partial charge on any atom is 0.258 e. The second-order valence-electron chi connectivity index (χ2n) is 9.46. The number of fused-ring (bicyclic) bond motifs is 1. The van der Waals surface area contributed by atoms with Crippen LogP contribution in [-0.2, 0) is 11.3 Å². The quantitative estimate of drug-likeness (QED) is 0.565. The molecular weight excluding hydrogens is 448 g/mol. The number of anilines is 1. The minimum absolute atomic E-state index is 0.0363. The van der Waals surface area contributed by atoms with Crippen molar-refractivity contribution in [2.75, 3.05) is 25.0 Å². The molecule has 2 aromatic carbocycles. The van der Waals surface area contributed by atoms with Crippen LogP contribution in [0.1, 0.15) is 48.7 Å². The first-order chi connectivity index (χ1) is 16.5. The van der Waals surface area contributed by atoms with Gasteiger partial charge in [0, 0.05) is 30.4 Å². The van der Waals surface area contributed by atoms with E-state index in [-0.39, 0.29) is 23.1 Å². The maximum absolute atomic E-state index is 13.3. The Hall–Kier alpha value is -2.97. The highest BCUT2D eigenvalue weighted by Gasteiger charge is 2.36. The van der Waals surface area contributed by atoms with Crippen LogP contribution in [0.5, 0.6) is 5.75 Å². The molecule has 2 amide bonds. The first kappa shape index (κ1) is 22.8. The van der Waals surface area contributed by atoms with Gasteiger partial charge in [-0.05, 0) is 49.6 Å². The first-order valence-electron chi connectivity index (χ1n) is 12.0. The van der Waals surface area contributed by atoms with Crippen LogP contribution in [0, 0.1) is 5.92 Å². The largest absolute Gasteiger partial charge is 0.506 e. The summed E-state index contributed by atoms with van der Waals surface area (Å²) in [6, 6.07) is 10.3. The van der Waals surface area contributed by atoms with E-state index in [1.54, 1.807) is 17.0 Å². The molecule has 2 aliphatic rings. The third-order valence-electron chi connectivity index (χ3n) is 6.86. The summed E-state index contributed by atoms with van der Waals surface area (Å²) in [6.45, 7) is 5.74. The Bertz CT molecular complexity index is 1210. The van der Waals surface area contributed by atoms with Crippen molar-refractivity contribution in [2.45, 2.75) is 45.2 Å². The molecule has 2 unspecified atom stereocenters. The molecule has 8 heteroatoms. The summed E-state index contributed by atoms with van der Waals surface area (Å²) in [4.78, 5) is 35.0. The summed E-state index contributed by atoms with van der Waals surface area (Å²) < 4.78 is 0. The number of nitrogens with zero attached hydrogens (tertiary/aromatic N) is 3. The van der Waals surface area contributed by atoms with Crippen molar-refractivity contribution in [3.05, 3.63) is 53.0 Å². The highest BCUT2D eigenvalue weighted by Crippen LogP contribution is 2.32. The van der Waals surface area contributed by atoms with Gasteiger partial charge in [0.1, 0.15) is 11.8 Å². The number of phenolic OH excluding ortho intramolecular Hbond substituents is 1. The molecule has 0 bridgehead atoms. The molecule has 1 aromatic heterocycles. The van der Waals surface area contributed by atoms with Crippen LogP contribution < -0.4 is 5.32 Å². The van der Waals surface area contributed by atoms with Gasteiger partial charge >= 0.3 is 0 Å². The van der Waals surface area contributed by atoms with Crippen molar-refractivity contribution in [1.29, 1.82) is 0 Å². The number of carbonyl (C=O) groups is 2. The van der Waals surface area contributed by atoms with E-state index in [4.69, 9.17) is 0 Å². The SMILES string of the molecule is CC1CCCN(Cc2csc(NC(=O)C3CCCN3C(=O)c3ccc4ccccc4c3O)n2)C1. The molecule has 2 fully saturated rings. The summed E-state index contributed by atoms with van der Waals surface area (Å²) in [5.41, 5.74) is 1.19. The Morgan fingerprint density at radius 3 is 2.82 bits per heavy atom. The number of hydrogen-bond acceptors (Lipinski definition) is 6. The fraction of sp³-hybridized carbons (Fsp3) is 0.423. The zero-order chi connectivity index (χ0) is 23.7. The number of phenols is 1. The minimum atomic E-state index is -0.575. The molecule has 0 radical (unpaired) electrons. The second kappa shape index (κ2) is 9.72. The molecular formula is C26H30N4O3S. The normalized spacial score (nSPS) is 21.1. The van der Waals surface area contributed by atoms with Crippen LogP contribution in [-0.4, -0.2) is 57.4 Å². The van der Waals surface area contributed by atoms with Gasteiger partial charge in [0.25, 0.3) is 5.91 Å². The third-order valence-corrected chi connectivity index (χ3v) is 7.66. The Balaban J connectivity index is 1.26. The Kier molecular flexibility index (Phi) is 6.52. The predicted octanol–water partition coefficient (Wildman–Crippen LogP) is 4.48. The number of nitrogens with one attached hydrogen (secondary N) is 1. The van der Waals surface area contributed by atoms with Gasteiger partial charge in [0.15, 0.2) is 5.13 Å². The molecule has 0 aliphatic carbocycles. The van der Waals surface area contributed by atoms with Gasteiger partial charge in [-0.3, -0.25) is 14.5 Å². The van der Waals surface area contributed by atoms with Crippen molar-refractivity contribution in [3.63, 3.8) is 0 Å². The van der Waals surface area contributed by atoms with Crippen LogP contribution in [0.3, 0.4) is 0 Å². The summed E-state index contributed by atoms with van der Waals surface area (Å²) >= 11 is 1.42. The smallest absolute Gasteiger partial charge is 0.258 e. The number of thiazole rings is 1. The number of carbonyl (C=O) groups excluding carboxylic acids is 2. The van der Waals surface area contributed by atoms with E-state index < -0.39 is 6.04 Å². The number of piperidine rings is 1. The molecule has 0 spiro atoms. The van der Waals surface area contributed by atoms with Gasteiger partial charge in [-0.2, -0.15) is 0 Å².